The van der Waals surface area contributed by atoms with Gasteiger partial charge in [0.2, 0.25) is 5.91 Å². The van der Waals surface area contributed by atoms with Crippen molar-refractivity contribution in [3.63, 3.8) is 0 Å². The maximum atomic E-state index is 13.7. The average molecular weight is 370 g/mol. The van der Waals surface area contributed by atoms with E-state index in [2.05, 4.69) is 17.1 Å². The normalized spacial score (nSPS) is 19.8. The fraction of sp³-hybridized carbons (Fsp3) is 0.409. The van der Waals surface area contributed by atoms with Gasteiger partial charge < -0.3 is 10.1 Å². The molecule has 4 nitrogen and oxygen atoms in total. The van der Waals surface area contributed by atoms with Gasteiger partial charge in [0, 0.05) is 18.2 Å². The predicted octanol–water partition coefficient (Wildman–Crippen LogP) is 4.07. The van der Waals surface area contributed by atoms with Crippen LogP contribution in [0.5, 0.6) is 5.75 Å². The lowest BCUT2D eigenvalue weighted by Gasteiger charge is -2.25. The molecule has 2 aromatic carbocycles. The molecule has 0 spiro atoms. The average Bonchev–Trinajstić information content (AvgIpc) is 3.07. The SMILES string of the molecule is CCCNC(=O)C1CCC(c2ccc(OCc3ccccc3F)cc2)N1C. The Morgan fingerprint density at radius 3 is 2.63 bits per heavy atom. The smallest absolute Gasteiger partial charge is 0.237 e. The first-order valence-corrected chi connectivity index (χ1v) is 9.56. The number of likely N-dealkylation sites (N-methyl/N-ethyl adjacent to an activating group) is 1. The number of hydrogen-bond acceptors (Lipinski definition) is 3. The van der Waals surface area contributed by atoms with Crippen molar-refractivity contribution in [2.45, 2.75) is 44.9 Å². The summed E-state index contributed by atoms with van der Waals surface area (Å²) in [5, 5.41) is 2.99. The molecule has 1 amide bonds. The fourth-order valence-electron chi connectivity index (χ4n) is 3.59. The highest BCUT2D eigenvalue weighted by Gasteiger charge is 2.35. The predicted molar refractivity (Wildman–Crippen MR) is 104 cm³/mol. The van der Waals surface area contributed by atoms with E-state index in [9.17, 15) is 9.18 Å². The third kappa shape index (κ3) is 4.66. The molecule has 27 heavy (non-hydrogen) atoms. The Morgan fingerprint density at radius 1 is 1.19 bits per heavy atom. The summed E-state index contributed by atoms with van der Waals surface area (Å²) in [7, 11) is 2.01. The molecule has 0 saturated carbocycles. The number of amides is 1. The molecule has 0 radical (unpaired) electrons. The van der Waals surface area contributed by atoms with Gasteiger partial charge in [0.15, 0.2) is 0 Å². The van der Waals surface area contributed by atoms with Crippen molar-refractivity contribution in [3.05, 3.63) is 65.5 Å². The summed E-state index contributed by atoms with van der Waals surface area (Å²) in [6.45, 7) is 2.98. The third-order valence-corrected chi connectivity index (χ3v) is 5.17. The monoisotopic (exact) mass is 370 g/mol. The molecule has 2 atom stereocenters. The van der Waals surface area contributed by atoms with E-state index in [1.807, 2.05) is 31.3 Å². The number of ether oxygens (including phenoxy) is 1. The molecule has 1 aliphatic heterocycles. The minimum absolute atomic E-state index is 0.0708. The highest BCUT2D eigenvalue weighted by atomic mass is 19.1. The zero-order valence-corrected chi connectivity index (χ0v) is 16.0. The Kier molecular flexibility index (Phi) is 6.45. The van der Waals surface area contributed by atoms with E-state index < -0.39 is 0 Å². The van der Waals surface area contributed by atoms with E-state index >= 15 is 0 Å². The van der Waals surface area contributed by atoms with Gasteiger partial charge >= 0.3 is 0 Å². The van der Waals surface area contributed by atoms with Crippen molar-refractivity contribution in [3.8, 4) is 5.75 Å². The van der Waals surface area contributed by atoms with Crippen LogP contribution in [0.1, 0.15) is 43.4 Å². The van der Waals surface area contributed by atoms with Gasteiger partial charge in [-0.05, 0) is 50.1 Å². The molecule has 144 valence electrons. The number of rotatable bonds is 7. The molecule has 3 rings (SSSR count). The molecule has 0 aliphatic carbocycles. The zero-order chi connectivity index (χ0) is 19.2. The second-order valence-corrected chi connectivity index (χ2v) is 7.01. The number of carbonyl (C=O) groups excluding carboxylic acids is 1. The summed E-state index contributed by atoms with van der Waals surface area (Å²) >= 11 is 0. The molecule has 0 bridgehead atoms. The zero-order valence-electron chi connectivity index (χ0n) is 16.0. The van der Waals surface area contributed by atoms with Crippen LogP contribution in [-0.2, 0) is 11.4 Å². The lowest BCUT2D eigenvalue weighted by atomic mass is 10.0. The topological polar surface area (TPSA) is 41.6 Å². The molecular weight excluding hydrogens is 343 g/mol. The Hall–Kier alpha value is -2.40. The van der Waals surface area contributed by atoms with Crippen molar-refractivity contribution in [1.82, 2.24) is 10.2 Å². The molecule has 5 heteroatoms. The van der Waals surface area contributed by atoms with E-state index in [0.29, 0.717) is 11.3 Å². The van der Waals surface area contributed by atoms with Crippen LogP contribution in [-0.4, -0.2) is 30.4 Å². The van der Waals surface area contributed by atoms with Crippen LogP contribution in [0.4, 0.5) is 4.39 Å². The summed E-state index contributed by atoms with van der Waals surface area (Å²) in [5.74, 6) is 0.570. The first kappa shape index (κ1) is 19.4. The molecular formula is C22H27FN2O2. The number of nitrogens with one attached hydrogen (secondary N) is 1. The number of likely N-dealkylation sites (tertiary alicyclic amines) is 1. The number of halogens is 1. The van der Waals surface area contributed by atoms with Crippen LogP contribution in [0, 0.1) is 5.82 Å². The van der Waals surface area contributed by atoms with Gasteiger partial charge in [0.1, 0.15) is 18.2 Å². The minimum Gasteiger partial charge on any atom is -0.489 e. The van der Waals surface area contributed by atoms with Gasteiger partial charge in [-0.1, -0.05) is 37.3 Å². The van der Waals surface area contributed by atoms with Crippen LogP contribution in [0.3, 0.4) is 0 Å². The van der Waals surface area contributed by atoms with Crippen LogP contribution in [0.25, 0.3) is 0 Å². The van der Waals surface area contributed by atoms with E-state index in [1.54, 1.807) is 18.2 Å². The minimum atomic E-state index is -0.255. The van der Waals surface area contributed by atoms with Crippen LogP contribution in [0.2, 0.25) is 0 Å². The lowest BCUT2D eigenvalue weighted by molar-refractivity contribution is -0.125. The maximum absolute atomic E-state index is 13.7. The number of hydrogen-bond donors (Lipinski definition) is 1. The first-order chi connectivity index (χ1) is 13.1. The van der Waals surface area contributed by atoms with Gasteiger partial charge in [-0.15, -0.1) is 0 Å². The summed E-state index contributed by atoms with van der Waals surface area (Å²) in [6.07, 6.45) is 2.76. The summed E-state index contributed by atoms with van der Waals surface area (Å²) in [4.78, 5) is 14.4. The van der Waals surface area contributed by atoms with E-state index in [1.165, 1.54) is 11.6 Å². The van der Waals surface area contributed by atoms with Gasteiger partial charge in [-0.2, -0.15) is 0 Å². The summed E-state index contributed by atoms with van der Waals surface area (Å²) in [5.41, 5.74) is 1.71. The second kappa shape index (κ2) is 9.00. The Morgan fingerprint density at radius 2 is 1.93 bits per heavy atom. The van der Waals surface area contributed by atoms with Crippen LogP contribution < -0.4 is 10.1 Å². The van der Waals surface area contributed by atoms with Crippen LogP contribution in [0.15, 0.2) is 48.5 Å². The Labute approximate surface area is 160 Å². The van der Waals surface area contributed by atoms with Gasteiger partial charge in [0.25, 0.3) is 0 Å². The molecule has 0 aromatic heterocycles. The molecule has 1 heterocycles. The largest absolute Gasteiger partial charge is 0.489 e. The molecule has 2 aromatic rings. The van der Waals surface area contributed by atoms with Gasteiger partial charge in [0.05, 0.1) is 6.04 Å². The number of benzene rings is 2. The highest BCUT2D eigenvalue weighted by molar-refractivity contribution is 5.82. The number of carbonyl (C=O) groups is 1. The standard InChI is InChI=1S/C22H27FN2O2/c1-3-14-24-22(26)21-13-12-20(25(21)2)16-8-10-18(11-9-16)27-15-17-6-4-5-7-19(17)23/h4-11,20-21H,3,12-15H2,1-2H3,(H,24,26). The second-order valence-electron chi connectivity index (χ2n) is 7.01. The van der Waals surface area contributed by atoms with Crippen molar-refractivity contribution in [2.24, 2.45) is 0 Å². The van der Waals surface area contributed by atoms with Gasteiger partial charge in [-0.3, -0.25) is 9.69 Å². The quantitative estimate of drug-likeness (QED) is 0.799. The van der Waals surface area contributed by atoms with Gasteiger partial charge in [-0.25, -0.2) is 4.39 Å². The van der Waals surface area contributed by atoms with E-state index in [-0.39, 0.29) is 30.4 Å². The highest BCUT2D eigenvalue weighted by Crippen LogP contribution is 2.35. The van der Waals surface area contributed by atoms with Crippen molar-refractivity contribution < 1.29 is 13.9 Å². The Bertz CT molecular complexity index is 763. The molecule has 1 fully saturated rings. The summed E-state index contributed by atoms with van der Waals surface area (Å²) in [6, 6.07) is 14.7. The van der Waals surface area contributed by atoms with E-state index in [4.69, 9.17) is 4.74 Å². The van der Waals surface area contributed by atoms with Crippen molar-refractivity contribution >= 4 is 5.91 Å². The fourth-order valence-corrected chi connectivity index (χ4v) is 3.59. The van der Waals surface area contributed by atoms with E-state index in [0.717, 1.165) is 25.8 Å². The van der Waals surface area contributed by atoms with Crippen LogP contribution >= 0.6 is 0 Å². The first-order valence-electron chi connectivity index (χ1n) is 9.56. The third-order valence-electron chi connectivity index (χ3n) is 5.17. The Balaban J connectivity index is 1.59. The molecule has 2 unspecified atom stereocenters. The van der Waals surface area contributed by atoms with Crippen molar-refractivity contribution in [1.29, 1.82) is 0 Å². The number of nitrogens with zero attached hydrogens (tertiary/aromatic N) is 1. The summed E-state index contributed by atoms with van der Waals surface area (Å²) < 4.78 is 19.4. The van der Waals surface area contributed by atoms with Crippen molar-refractivity contribution in [2.75, 3.05) is 13.6 Å². The lowest BCUT2D eigenvalue weighted by Crippen LogP contribution is -2.42. The molecule has 1 saturated heterocycles. The maximum Gasteiger partial charge on any atom is 0.237 e. The molecule has 1 aliphatic rings. The molecule has 1 N–H and O–H groups in total.